The van der Waals surface area contributed by atoms with E-state index in [1.165, 1.54) is 11.1 Å². The van der Waals surface area contributed by atoms with Crippen LogP contribution in [0.5, 0.6) is 0 Å². The average Bonchev–Trinajstić information content (AvgIpc) is 2.81. The normalized spacial score (nSPS) is 18.1. The Morgan fingerprint density at radius 3 is 2.38 bits per heavy atom. The third-order valence-corrected chi connectivity index (χ3v) is 7.68. The molecule has 0 spiro atoms. The van der Waals surface area contributed by atoms with Gasteiger partial charge in [-0.25, -0.2) is 4.98 Å². The van der Waals surface area contributed by atoms with Crippen LogP contribution < -0.4 is 0 Å². The first-order valence-electron chi connectivity index (χ1n) is 11.4. The fourth-order valence-corrected chi connectivity index (χ4v) is 5.38. The lowest BCUT2D eigenvalue weighted by atomic mass is 9.94. The second kappa shape index (κ2) is 10.0. The van der Waals surface area contributed by atoms with E-state index >= 15 is 0 Å². The van der Waals surface area contributed by atoms with Gasteiger partial charge in [-0.05, 0) is 57.5 Å². The Morgan fingerprint density at radius 2 is 1.69 bits per heavy atom. The maximum absolute atomic E-state index is 13.3. The summed E-state index contributed by atoms with van der Waals surface area (Å²) in [5, 5.41) is 0.736. The molecule has 2 aromatic rings. The van der Waals surface area contributed by atoms with Gasteiger partial charge in [0.1, 0.15) is 5.03 Å². The molecule has 2 saturated heterocycles. The van der Waals surface area contributed by atoms with Crippen LogP contribution >= 0.6 is 11.8 Å². The van der Waals surface area contributed by atoms with Crippen molar-refractivity contribution < 1.29 is 9.59 Å². The van der Waals surface area contributed by atoms with Crippen molar-refractivity contribution in [1.82, 2.24) is 19.7 Å². The number of piperidine rings is 1. The average molecular weight is 453 g/mol. The molecule has 0 saturated carbocycles. The topological polar surface area (TPSA) is 56.8 Å². The minimum atomic E-state index is 0.0101. The number of amides is 2. The second-order valence-corrected chi connectivity index (χ2v) is 9.95. The van der Waals surface area contributed by atoms with Crippen molar-refractivity contribution in [3.8, 4) is 0 Å². The fourth-order valence-electron chi connectivity index (χ4n) is 4.44. The van der Waals surface area contributed by atoms with Gasteiger partial charge >= 0.3 is 0 Å². The van der Waals surface area contributed by atoms with Gasteiger partial charge < -0.3 is 14.7 Å². The van der Waals surface area contributed by atoms with Gasteiger partial charge in [-0.1, -0.05) is 29.5 Å². The number of likely N-dealkylation sites (N-methyl/N-ethyl adjacent to an activating group) is 1. The van der Waals surface area contributed by atoms with E-state index in [0.29, 0.717) is 18.7 Å². The van der Waals surface area contributed by atoms with Gasteiger partial charge in [-0.15, -0.1) is 0 Å². The SMILES string of the molecule is Cc1ccc(Sc2ncccc2C(=O)N2CCC(C(=O)N3CCN(C)CC3)CC2)c(C)c1. The van der Waals surface area contributed by atoms with E-state index in [1.54, 1.807) is 18.0 Å². The van der Waals surface area contributed by atoms with Gasteiger partial charge in [-0.2, -0.15) is 0 Å². The van der Waals surface area contributed by atoms with Crippen molar-refractivity contribution in [2.24, 2.45) is 5.92 Å². The summed E-state index contributed by atoms with van der Waals surface area (Å²) in [6.45, 7) is 8.89. The van der Waals surface area contributed by atoms with Gasteiger partial charge in [0, 0.05) is 56.3 Å². The molecule has 0 unspecified atom stereocenters. The van der Waals surface area contributed by atoms with Gasteiger partial charge in [0.25, 0.3) is 5.91 Å². The predicted octanol–water partition coefficient (Wildman–Crippen LogP) is 3.48. The summed E-state index contributed by atoms with van der Waals surface area (Å²) in [5.74, 6) is 0.300. The Labute approximate surface area is 195 Å². The van der Waals surface area contributed by atoms with Crippen LogP contribution in [0.15, 0.2) is 46.5 Å². The van der Waals surface area contributed by atoms with E-state index in [-0.39, 0.29) is 17.7 Å². The molecule has 0 radical (unpaired) electrons. The second-order valence-electron chi connectivity index (χ2n) is 8.92. The number of hydrogen-bond donors (Lipinski definition) is 0. The highest BCUT2D eigenvalue weighted by Gasteiger charge is 2.32. The van der Waals surface area contributed by atoms with Gasteiger partial charge in [0.15, 0.2) is 0 Å². The number of hydrogen-bond acceptors (Lipinski definition) is 5. The lowest BCUT2D eigenvalue weighted by Gasteiger charge is -2.37. The molecule has 2 fully saturated rings. The molecule has 4 rings (SSSR count). The molecule has 6 nitrogen and oxygen atoms in total. The third-order valence-electron chi connectivity index (χ3n) is 6.48. The summed E-state index contributed by atoms with van der Waals surface area (Å²) >= 11 is 1.54. The summed E-state index contributed by atoms with van der Waals surface area (Å²) in [6.07, 6.45) is 3.21. The number of aromatic nitrogens is 1. The summed E-state index contributed by atoms with van der Waals surface area (Å²) in [6, 6.07) is 10.0. The molecule has 1 aromatic heterocycles. The number of benzene rings is 1. The van der Waals surface area contributed by atoms with Crippen LogP contribution in [0.25, 0.3) is 0 Å². The van der Waals surface area contributed by atoms with E-state index in [9.17, 15) is 9.59 Å². The molecule has 2 amide bonds. The molecule has 7 heteroatoms. The Bertz CT molecular complexity index is 980. The Morgan fingerprint density at radius 1 is 0.969 bits per heavy atom. The highest BCUT2D eigenvalue weighted by atomic mass is 32.2. The highest BCUT2D eigenvalue weighted by molar-refractivity contribution is 7.99. The zero-order valence-corrected chi connectivity index (χ0v) is 20.0. The first kappa shape index (κ1) is 22.8. The van der Waals surface area contributed by atoms with E-state index in [0.717, 1.165) is 48.9 Å². The molecule has 3 heterocycles. The molecule has 2 aliphatic rings. The zero-order chi connectivity index (χ0) is 22.7. The maximum atomic E-state index is 13.3. The summed E-state index contributed by atoms with van der Waals surface area (Å²) in [4.78, 5) is 38.0. The smallest absolute Gasteiger partial charge is 0.256 e. The van der Waals surface area contributed by atoms with E-state index in [1.807, 2.05) is 21.9 Å². The lowest BCUT2D eigenvalue weighted by molar-refractivity contribution is -0.138. The molecular formula is C25H32N4O2S. The minimum absolute atomic E-state index is 0.0101. The number of likely N-dealkylation sites (tertiary alicyclic amines) is 1. The number of carbonyl (C=O) groups is 2. The van der Waals surface area contributed by atoms with Crippen molar-refractivity contribution in [2.75, 3.05) is 46.3 Å². The van der Waals surface area contributed by atoms with E-state index in [4.69, 9.17) is 0 Å². The molecule has 0 aliphatic carbocycles. The van der Waals surface area contributed by atoms with Crippen LogP contribution in [0.3, 0.4) is 0 Å². The summed E-state index contributed by atoms with van der Waals surface area (Å²) < 4.78 is 0. The number of piperazine rings is 1. The highest BCUT2D eigenvalue weighted by Crippen LogP contribution is 2.32. The Kier molecular flexibility index (Phi) is 7.16. The van der Waals surface area contributed by atoms with Crippen LogP contribution in [-0.4, -0.2) is 77.8 Å². The fraction of sp³-hybridized carbons (Fsp3) is 0.480. The number of pyridine rings is 1. The lowest BCUT2D eigenvalue weighted by Crippen LogP contribution is -2.51. The van der Waals surface area contributed by atoms with Crippen molar-refractivity contribution in [2.45, 2.75) is 36.6 Å². The Hall–Kier alpha value is -2.38. The molecular weight excluding hydrogens is 420 g/mol. The summed E-state index contributed by atoms with van der Waals surface area (Å²) in [5.41, 5.74) is 3.04. The van der Waals surface area contributed by atoms with Crippen molar-refractivity contribution >= 4 is 23.6 Å². The first-order chi connectivity index (χ1) is 15.4. The number of aryl methyl sites for hydroxylation is 2. The van der Waals surface area contributed by atoms with E-state index in [2.05, 4.69) is 49.0 Å². The molecule has 2 aliphatic heterocycles. The van der Waals surface area contributed by atoms with Crippen molar-refractivity contribution in [3.05, 3.63) is 53.2 Å². The van der Waals surface area contributed by atoms with Gasteiger partial charge in [-0.3, -0.25) is 9.59 Å². The number of rotatable bonds is 4. The predicted molar refractivity (Wildman–Crippen MR) is 127 cm³/mol. The standard InChI is InChI=1S/C25H32N4O2S/c1-18-6-7-22(19(2)17-18)32-23-21(5-4-10-26-23)25(31)28-11-8-20(9-12-28)24(30)29-15-13-27(3)14-16-29/h4-7,10,17,20H,8-9,11-16H2,1-3H3. The number of carbonyl (C=O) groups excluding carboxylic acids is 2. The van der Waals surface area contributed by atoms with Crippen LogP contribution in [0.2, 0.25) is 0 Å². The summed E-state index contributed by atoms with van der Waals surface area (Å²) in [7, 11) is 2.09. The Balaban J connectivity index is 1.40. The monoisotopic (exact) mass is 452 g/mol. The molecule has 1 aromatic carbocycles. The van der Waals surface area contributed by atoms with Gasteiger partial charge in [0.05, 0.1) is 5.56 Å². The molecule has 0 bridgehead atoms. The van der Waals surface area contributed by atoms with Crippen LogP contribution in [0.1, 0.15) is 34.3 Å². The van der Waals surface area contributed by atoms with Crippen LogP contribution in [0.4, 0.5) is 0 Å². The molecule has 0 atom stereocenters. The maximum Gasteiger partial charge on any atom is 0.256 e. The van der Waals surface area contributed by atoms with Crippen LogP contribution in [-0.2, 0) is 4.79 Å². The minimum Gasteiger partial charge on any atom is -0.340 e. The third kappa shape index (κ3) is 5.15. The van der Waals surface area contributed by atoms with E-state index < -0.39 is 0 Å². The quantitative estimate of drug-likeness (QED) is 0.711. The molecule has 0 N–H and O–H groups in total. The number of nitrogens with zero attached hydrogens (tertiary/aromatic N) is 4. The van der Waals surface area contributed by atoms with Crippen LogP contribution in [0, 0.1) is 19.8 Å². The molecule has 170 valence electrons. The largest absolute Gasteiger partial charge is 0.340 e. The van der Waals surface area contributed by atoms with Crippen molar-refractivity contribution in [1.29, 1.82) is 0 Å². The first-order valence-corrected chi connectivity index (χ1v) is 12.2. The van der Waals surface area contributed by atoms with Crippen molar-refractivity contribution in [3.63, 3.8) is 0 Å². The molecule has 32 heavy (non-hydrogen) atoms. The zero-order valence-electron chi connectivity index (χ0n) is 19.2. The van der Waals surface area contributed by atoms with Gasteiger partial charge in [0.2, 0.25) is 5.91 Å².